The van der Waals surface area contributed by atoms with E-state index in [9.17, 15) is 10.1 Å². The van der Waals surface area contributed by atoms with Gasteiger partial charge in [0.25, 0.3) is 5.56 Å². The van der Waals surface area contributed by atoms with E-state index >= 15 is 0 Å². The molecule has 3 aromatic rings. The largest absolute Gasteiger partial charge is 0.354 e. The molecule has 6 nitrogen and oxygen atoms in total. The fraction of sp³-hybridized carbons (Fsp3) is 0.286. The minimum absolute atomic E-state index is 0.0531. The number of fused-ring (bicyclic) bond motifs is 3. The summed E-state index contributed by atoms with van der Waals surface area (Å²) in [5.41, 5.74) is 10.8. The summed E-state index contributed by atoms with van der Waals surface area (Å²) >= 11 is 6.03. The van der Waals surface area contributed by atoms with Crippen LogP contribution in [0.15, 0.2) is 35.3 Å². The Morgan fingerprint density at radius 3 is 2.96 bits per heavy atom. The molecule has 0 spiro atoms. The van der Waals surface area contributed by atoms with Crippen molar-refractivity contribution in [1.82, 2.24) is 9.55 Å². The van der Waals surface area contributed by atoms with Gasteiger partial charge in [-0.15, -0.1) is 0 Å². The molecule has 1 atom stereocenters. The van der Waals surface area contributed by atoms with E-state index < -0.39 is 0 Å². The SMILES string of the molecule is Cn1c(=O)c2c(c3cc(Nc4ccnc(Cl)c4C#N)ccc31)CC(N)CCC2. The third-order valence-corrected chi connectivity index (χ3v) is 5.66. The molecule has 0 saturated heterocycles. The van der Waals surface area contributed by atoms with Crippen molar-refractivity contribution in [2.45, 2.75) is 31.7 Å². The van der Waals surface area contributed by atoms with Gasteiger partial charge >= 0.3 is 0 Å². The van der Waals surface area contributed by atoms with Gasteiger partial charge in [0.05, 0.1) is 11.2 Å². The van der Waals surface area contributed by atoms with Crippen molar-refractivity contribution in [1.29, 1.82) is 5.26 Å². The molecule has 142 valence electrons. The van der Waals surface area contributed by atoms with Crippen molar-refractivity contribution in [3.63, 3.8) is 0 Å². The number of hydrogen-bond acceptors (Lipinski definition) is 5. The summed E-state index contributed by atoms with van der Waals surface area (Å²) in [5.74, 6) is 0. The lowest BCUT2D eigenvalue weighted by molar-refractivity contribution is 0.603. The Morgan fingerprint density at radius 1 is 1.36 bits per heavy atom. The third-order valence-electron chi connectivity index (χ3n) is 5.37. The second kappa shape index (κ2) is 7.27. The van der Waals surface area contributed by atoms with Crippen LogP contribution in [0.4, 0.5) is 11.4 Å². The summed E-state index contributed by atoms with van der Waals surface area (Å²) in [6, 6.07) is 9.68. The number of nitrogens with zero attached hydrogens (tertiary/aromatic N) is 3. The molecule has 1 unspecified atom stereocenters. The molecule has 28 heavy (non-hydrogen) atoms. The lowest BCUT2D eigenvalue weighted by Gasteiger charge is -2.17. The van der Waals surface area contributed by atoms with Crippen molar-refractivity contribution in [2.24, 2.45) is 12.8 Å². The van der Waals surface area contributed by atoms with Crippen molar-refractivity contribution in [3.8, 4) is 6.07 Å². The Hall–Kier alpha value is -2.88. The molecule has 7 heteroatoms. The summed E-state index contributed by atoms with van der Waals surface area (Å²) < 4.78 is 1.71. The first-order valence-electron chi connectivity index (χ1n) is 9.21. The lowest BCUT2D eigenvalue weighted by atomic mass is 9.97. The number of aryl methyl sites for hydroxylation is 1. The van der Waals surface area contributed by atoms with Crippen LogP contribution in [-0.2, 0) is 19.9 Å². The molecular weight excluding hydrogens is 374 g/mol. The average Bonchev–Trinajstić information content (AvgIpc) is 2.88. The highest BCUT2D eigenvalue weighted by Gasteiger charge is 2.21. The minimum Gasteiger partial charge on any atom is -0.354 e. The van der Waals surface area contributed by atoms with Gasteiger partial charge in [-0.3, -0.25) is 4.79 Å². The predicted molar refractivity (Wildman–Crippen MR) is 111 cm³/mol. The topological polar surface area (TPSA) is 96.7 Å². The molecule has 4 rings (SSSR count). The highest BCUT2D eigenvalue weighted by atomic mass is 35.5. The van der Waals surface area contributed by atoms with Crippen LogP contribution in [0.1, 0.15) is 29.5 Å². The van der Waals surface area contributed by atoms with Crippen LogP contribution in [0.3, 0.4) is 0 Å². The van der Waals surface area contributed by atoms with E-state index in [2.05, 4.69) is 16.4 Å². The Bertz CT molecular complexity index is 1180. The molecule has 2 aromatic heterocycles. The summed E-state index contributed by atoms with van der Waals surface area (Å²) in [6.07, 6.45) is 4.84. The second-order valence-corrected chi connectivity index (χ2v) is 7.53. The van der Waals surface area contributed by atoms with Crippen LogP contribution in [0.5, 0.6) is 0 Å². The van der Waals surface area contributed by atoms with Gasteiger partial charge in [-0.05, 0) is 55.5 Å². The van der Waals surface area contributed by atoms with Crippen molar-refractivity contribution < 1.29 is 0 Å². The Kier molecular flexibility index (Phi) is 4.80. The Labute approximate surface area is 167 Å². The van der Waals surface area contributed by atoms with Gasteiger partial charge in [0.1, 0.15) is 16.8 Å². The predicted octanol–water partition coefficient (Wildman–Crippen LogP) is 3.41. The molecule has 0 saturated carbocycles. The number of nitrogens with one attached hydrogen (secondary N) is 1. The molecule has 2 heterocycles. The Morgan fingerprint density at radius 2 is 2.18 bits per heavy atom. The first kappa shape index (κ1) is 18.5. The van der Waals surface area contributed by atoms with Gasteiger partial charge in [-0.2, -0.15) is 5.26 Å². The van der Waals surface area contributed by atoms with Crippen LogP contribution in [-0.4, -0.2) is 15.6 Å². The van der Waals surface area contributed by atoms with E-state index in [1.807, 2.05) is 18.2 Å². The number of anilines is 2. The summed E-state index contributed by atoms with van der Waals surface area (Å²) in [5, 5.41) is 13.8. The maximum Gasteiger partial charge on any atom is 0.254 e. The van der Waals surface area contributed by atoms with Crippen molar-refractivity contribution >= 4 is 33.9 Å². The van der Waals surface area contributed by atoms with Crippen LogP contribution in [0.25, 0.3) is 10.9 Å². The number of halogens is 1. The molecule has 1 aromatic carbocycles. The van der Waals surface area contributed by atoms with Crippen LogP contribution in [0, 0.1) is 11.3 Å². The highest BCUT2D eigenvalue weighted by molar-refractivity contribution is 6.31. The number of nitrogens with two attached hydrogens (primary N) is 1. The zero-order chi connectivity index (χ0) is 19.8. The van der Waals surface area contributed by atoms with Gasteiger partial charge in [0, 0.05) is 35.9 Å². The minimum atomic E-state index is 0.0531. The van der Waals surface area contributed by atoms with Gasteiger partial charge < -0.3 is 15.6 Å². The van der Waals surface area contributed by atoms with Crippen molar-refractivity contribution in [3.05, 3.63) is 62.7 Å². The molecule has 0 radical (unpaired) electrons. The number of pyridine rings is 2. The zero-order valence-corrected chi connectivity index (χ0v) is 16.3. The van der Waals surface area contributed by atoms with E-state index in [0.717, 1.165) is 47.0 Å². The maximum absolute atomic E-state index is 12.8. The normalized spacial score (nSPS) is 16.3. The van der Waals surface area contributed by atoms with E-state index in [-0.39, 0.29) is 16.8 Å². The standard InChI is InChI=1S/C21H20ClN5O/c1-27-19-6-5-13(26-18-7-8-25-20(22)17(18)11-23)10-16(19)15-9-12(24)3-2-4-14(15)21(27)28/h5-8,10,12H,2-4,9,24H2,1H3,(H,25,26). The monoisotopic (exact) mass is 393 g/mol. The fourth-order valence-corrected chi connectivity index (χ4v) is 4.15. The van der Waals surface area contributed by atoms with E-state index in [1.54, 1.807) is 23.9 Å². The van der Waals surface area contributed by atoms with Crippen LogP contribution < -0.4 is 16.6 Å². The smallest absolute Gasteiger partial charge is 0.254 e. The molecule has 1 aliphatic carbocycles. The van der Waals surface area contributed by atoms with Crippen LogP contribution >= 0.6 is 11.6 Å². The van der Waals surface area contributed by atoms with Gasteiger partial charge in [0.15, 0.2) is 0 Å². The molecule has 0 fully saturated rings. The number of benzene rings is 1. The number of aromatic nitrogens is 2. The quantitative estimate of drug-likeness (QED) is 0.513. The molecule has 0 aliphatic heterocycles. The number of hydrogen-bond donors (Lipinski definition) is 2. The van der Waals surface area contributed by atoms with E-state index in [4.69, 9.17) is 17.3 Å². The zero-order valence-electron chi connectivity index (χ0n) is 15.5. The maximum atomic E-state index is 12.8. The summed E-state index contributed by atoms with van der Waals surface area (Å²) in [7, 11) is 1.80. The molecular formula is C21H20ClN5O. The average molecular weight is 394 g/mol. The lowest BCUT2D eigenvalue weighted by Crippen LogP contribution is -2.25. The fourth-order valence-electron chi connectivity index (χ4n) is 3.95. The first-order valence-corrected chi connectivity index (χ1v) is 9.59. The van der Waals surface area contributed by atoms with Crippen molar-refractivity contribution in [2.75, 3.05) is 5.32 Å². The van der Waals surface area contributed by atoms with Gasteiger partial charge in [0.2, 0.25) is 0 Å². The van der Waals surface area contributed by atoms with E-state index in [0.29, 0.717) is 17.7 Å². The highest BCUT2D eigenvalue weighted by Crippen LogP contribution is 2.30. The van der Waals surface area contributed by atoms with Gasteiger partial charge in [-0.1, -0.05) is 11.6 Å². The summed E-state index contributed by atoms with van der Waals surface area (Å²) in [6.45, 7) is 0. The molecule has 1 aliphatic rings. The summed E-state index contributed by atoms with van der Waals surface area (Å²) in [4.78, 5) is 16.8. The Balaban J connectivity index is 1.88. The van der Waals surface area contributed by atoms with E-state index in [1.165, 1.54) is 0 Å². The van der Waals surface area contributed by atoms with Crippen LogP contribution in [0.2, 0.25) is 5.15 Å². The number of nitriles is 1. The molecule has 0 bridgehead atoms. The first-order chi connectivity index (χ1) is 13.5. The molecule has 0 amide bonds. The number of rotatable bonds is 2. The molecule has 3 N–H and O–H groups in total. The second-order valence-electron chi connectivity index (χ2n) is 7.17. The third kappa shape index (κ3) is 3.13. The van der Waals surface area contributed by atoms with Gasteiger partial charge in [-0.25, -0.2) is 4.98 Å².